The maximum Gasteiger partial charge on any atom is 0.253 e. The third kappa shape index (κ3) is 2.63. The number of thioether (sulfide) groups is 1. The lowest BCUT2D eigenvalue weighted by Crippen LogP contribution is -2.00. The van der Waals surface area contributed by atoms with Crippen molar-refractivity contribution in [3.05, 3.63) is 53.1 Å². The number of benzene rings is 1. The average Bonchev–Trinajstić information content (AvgIpc) is 2.88. The molecule has 0 spiro atoms. The van der Waals surface area contributed by atoms with E-state index in [1.807, 2.05) is 6.07 Å². The molecular formula is C14H9F2N5S. The second-order valence-corrected chi connectivity index (χ2v) is 5.47. The van der Waals surface area contributed by atoms with E-state index in [0.29, 0.717) is 23.0 Å². The molecule has 0 atom stereocenters. The Morgan fingerprint density at radius 3 is 2.91 bits per heavy atom. The molecule has 0 fully saturated rings. The Morgan fingerprint density at radius 2 is 2.14 bits per heavy atom. The Balaban J connectivity index is 1.91. The summed E-state index contributed by atoms with van der Waals surface area (Å²) in [5.41, 5.74) is 0.839. The first-order valence-corrected chi connectivity index (χ1v) is 7.27. The van der Waals surface area contributed by atoms with Crippen molar-refractivity contribution < 1.29 is 8.78 Å². The lowest BCUT2D eigenvalue weighted by atomic mass is 10.3. The van der Waals surface area contributed by atoms with Crippen LogP contribution >= 0.6 is 11.8 Å². The van der Waals surface area contributed by atoms with Gasteiger partial charge >= 0.3 is 0 Å². The monoisotopic (exact) mass is 317 g/mol. The van der Waals surface area contributed by atoms with Crippen LogP contribution in [0.2, 0.25) is 0 Å². The first-order valence-electron chi connectivity index (χ1n) is 6.28. The number of fused-ring (bicyclic) bond motifs is 1. The van der Waals surface area contributed by atoms with Crippen molar-refractivity contribution in [3.8, 4) is 6.07 Å². The van der Waals surface area contributed by atoms with E-state index >= 15 is 0 Å². The zero-order chi connectivity index (χ0) is 15.7. The van der Waals surface area contributed by atoms with Crippen molar-refractivity contribution >= 4 is 17.5 Å². The molecule has 5 nitrogen and oxygen atoms in total. The summed E-state index contributed by atoms with van der Waals surface area (Å²) in [7, 11) is 0. The Morgan fingerprint density at radius 1 is 1.32 bits per heavy atom. The number of halogens is 2. The van der Waals surface area contributed by atoms with E-state index in [9.17, 15) is 8.78 Å². The van der Waals surface area contributed by atoms with Crippen LogP contribution in [0.5, 0.6) is 0 Å². The van der Waals surface area contributed by atoms with Crippen LogP contribution < -0.4 is 0 Å². The van der Waals surface area contributed by atoms with Crippen LogP contribution in [-0.4, -0.2) is 19.6 Å². The van der Waals surface area contributed by atoms with Crippen LogP contribution in [0, 0.1) is 29.9 Å². The number of aromatic nitrogens is 4. The van der Waals surface area contributed by atoms with Crippen LogP contribution in [0.4, 0.5) is 8.78 Å². The van der Waals surface area contributed by atoms with Crippen LogP contribution in [0.25, 0.3) is 5.78 Å². The molecule has 0 aliphatic heterocycles. The van der Waals surface area contributed by atoms with Gasteiger partial charge in [0.05, 0.1) is 5.69 Å². The van der Waals surface area contributed by atoms with E-state index in [1.165, 1.54) is 16.6 Å². The van der Waals surface area contributed by atoms with Crippen molar-refractivity contribution in [2.75, 3.05) is 0 Å². The van der Waals surface area contributed by atoms with Crippen molar-refractivity contribution in [1.29, 1.82) is 5.26 Å². The molecule has 0 aliphatic carbocycles. The quantitative estimate of drug-likeness (QED) is 0.695. The standard InChI is InChI=1S/C14H9F2N5S/c1-8-18-14-19-9(5-10(6-17)21(14)20-8)7-22-12-4-2-3-11(15)13(12)16/h2-5H,7H2,1H3. The highest BCUT2D eigenvalue weighted by atomic mass is 32.2. The predicted octanol–water partition coefficient (Wildman–Crippen LogP) is 2.87. The summed E-state index contributed by atoms with van der Waals surface area (Å²) in [6, 6.07) is 7.58. The van der Waals surface area contributed by atoms with Gasteiger partial charge < -0.3 is 0 Å². The maximum atomic E-state index is 13.6. The fourth-order valence-corrected chi connectivity index (χ4v) is 2.77. The van der Waals surface area contributed by atoms with Crippen LogP contribution in [-0.2, 0) is 5.75 Å². The Labute approximate surface area is 128 Å². The molecule has 110 valence electrons. The first kappa shape index (κ1) is 14.4. The Bertz CT molecular complexity index is 900. The van der Waals surface area contributed by atoms with Crippen molar-refractivity contribution in [3.63, 3.8) is 0 Å². The normalized spacial score (nSPS) is 10.8. The molecule has 0 unspecified atom stereocenters. The van der Waals surface area contributed by atoms with Gasteiger partial charge in [-0.3, -0.25) is 0 Å². The fourth-order valence-electron chi connectivity index (χ4n) is 1.92. The smallest absolute Gasteiger partial charge is 0.215 e. The molecule has 3 aromatic rings. The summed E-state index contributed by atoms with van der Waals surface area (Å²) in [4.78, 5) is 8.58. The van der Waals surface area contributed by atoms with Crippen molar-refractivity contribution in [2.24, 2.45) is 0 Å². The average molecular weight is 317 g/mol. The molecule has 0 saturated carbocycles. The summed E-state index contributed by atoms with van der Waals surface area (Å²) in [6.07, 6.45) is 0. The lowest BCUT2D eigenvalue weighted by molar-refractivity contribution is 0.491. The zero-order valence-corrected chi connectivity index (χ0v) is 12.2. The van der Waals surface area contributed by atoms with Gasteiger partial charge in [0, 0.05) is 10.6 Å². The van der Waals surface area contributed by atoms with Gasteiger partial charge in [-0.15, -0.1) is 16.9 Å². The molecule has 0 amide bonds. The van der Waals surface area contributed by atoms with E-state index in [-0.39, 0.29) is 10.6 Å². The summed E-state index contributed by atoms with van der Waals surface area (Å²) in [5, 5.41) is 13.2. The number of nitriles is 1. The lowest BCUT2D eigenvalue weighted by Gasteiger charge is -2.04. The molecule has 0 N–H and O–H groups in total. The number of rotatable bonds is 3. The Kier molecular flexibility index (Phi) is 3.73. The molecule has 8 heteroatoms. The molecule has 22 heavy (non-hydrogen) atoms. The van der Waals surface area contributed by atoms with E-state index in [1.54, 1.807) is 13.0 Å². The second kappa shape index (κ2) is 5.69. The van der Waals surface area contributed by atoms with E-state index in [0.717, 1.165) is 17.8 Å². The molecule has 0 bridgehead atoms. The van der Waals surface area contributed by atoms with Crippen LogP contribution in [0.1, 0.15) is 17.2 Å². The topological polar surface area (TPSA) is 66.9 Å². The maximum absolute atomic E-state index is 13.6. The predicted molar refractivity (Wildman–Crippen MR) is 76.2 cm³/mol. The number of aryl methyl sites for hydroxylation is 1. The van der Waals surface area contributed by atoms with Gasteiger partial charge in [-0.25, -0.2) is 13.8 Å². The largest absolute Gasteiger partial charge is 0.253 e. The minimum absolute atomic E-state index is 0.192. The Hall–Kier alpha value is -2.53. The number of nitrogens with zero attached hydrogens (tertiary/aromatic N) is 5. The molecule has 0 aliphatic rings. The fraction of sp³-hybridized carbons (Fsp3) is 0.143. The van der Waals surface area contributed by atoms with Gasteiger partial charge in [-0.05, 0) is 25.1 Å². The van der Waals surface area contributed by atoms with Crippen LogP contribution in [0.3, 0.4) is 0 Å². The minimum atomic E-state index is -0.890. The van der Waals surface area contributed by atoms with E-state index in [2.05, 4.69) is 15.1 Å². The molecule has 2 aromatic heterocycles. The summed E-state index contributed by atoms with van der Waals surface area (Å²) in [6.45, 7) is 1.70. The minimum Gasteiger partial charge on any atom is -0.215 e. The zero-order valence-electron chi connectivity index (χ0n) is 11.4. The van der Waals surface area contributed by atoms with Gasteiger partial charge in [-0.2, -0.15) is 14.8 Å². The van der Waals surface area contributed by atoms with Gasteiger partial charge in [-0.1, -0.05) is 6.07 Å². The van der Waals surface area contributed by atoms with E-state index < -0.39 is 11.6 Å². The van der Waals surface area contributed by atoms with Crippen LogP contribution in [0.15, 0.2) is 29.2 Å². The molecule has 1 aromatic carbocycles. The number of hydrogen-bond acceptors (Lipinski definition) is 5. The molecule has 2 heterocycles. The molecular weight excluding hydrogens is 308 g/mol. The molecule has 3 rings (SSSR count). The van der Waals surface area contributed by atoms with Gasteiger partial charge in [0.2, 0.25) is 0 Å². The van der Waals surface area contributed by atoms with Gasteiger partial charge in [0.25, 0.3) is 5.78 Å². The SMILES string of the molecule is Cc1nc2nc(CSc3cccc(F)c3F)cc(C#N)n2n1. The summed E-state index contributed by atoms with van der Waals surface area (Å²) < 4.78 is 28.1. The molecule has 0 radical (unpaired) electrons. The molecule has 0 saturated heterocycles. The highest BCUT2D eigenvalue weighted by molar-refractivity contribution is 7.98. The second-order valence-electron chi connectivity index (χ2n) is 4.46. The van der Waals surface area contributed by atoms with Crippen molar-refractivity contribution in [2.45, 2.75) is 17.6 Å². The highest BCUT2D eigenvalue weighted by Crippen LogP contribution is 2.26. The van der Waals surface area contributed by atoms with Crippen molar-refractivity contribution in [1.82, 2.24) is 19.6 Å². The highest BCUT2D eigenvalue weighted by Gasteiger charge is 2.12. The van der Waals surface area contributed by atoms with E-state index in [4.69, 9.17) is 5.26 Å². The summed E-state index contributed by atoms with van der Waals surface area (Å²) in [5.74, 6) is -0.666. The van der Waals surface area contributed by atoms with Gasteiger partial charge in [0.1, 0.15) is 17.6 Å². The van der Waals surface area contributed by atoms with Gasteiger partial charge in [0.15, 0.2) is 11.6 Å². The number of hydrogen-bond donors (Lipinski definition) is 0. The first-order chi connectivity index (χ1) is 10.6. The third-order valence-electron chi connectivity index (χ3n) is 2.88. The summed E-state index contributed by atoms with van der Waals surface area (Å²) >= 11 is 1.10. The third-order valence-corrected chi connectivity index (χ3v) is 3.94.